The minimum atomic E-state index is 0.0276. The lowest BCUT2D eigenvalue weighted by molar-refractivity contribution is 0.197. The maximum absolute atomic E-state index is 11.7. The largest absolute Gasteiger partial charge is 0.497 e. The molecule has 1 aromatic carbocycles. The molecule has 6 nitrogen and oxygen atoms in total. The zero-order valence-corrected chi connectivity index (χ0v) is 12.7. The number of thiocarbonyl (C=S) groups is 1. The van der Waals surface area contributed by atoms with Gasteiger partial charge in [-0.3, -0.25) is 0 Å². The number of hydrogen-bond donors (Lipinski definition) is 2. The summed E-state index contributed by atoms with van der Waals surface area (Å²) in [5.74, 6) is 0.771. The topological polar surface area (TPSA) is 70.8 Å². The number of nitrogens with zero attached hydrogens (tertiary/aromatic N) is 2. The summed E-state index contributed by atoms with van der Waals surface area (Å²) in [6.45, 7) is 2.90. The lowest BCUT2D eigenvalue weighted by atomic mass is 10.1. The molecule has 2 heterocycles. The number of fused-ring (bicyclic) bond motifs is 1. The van der Waals surface area contributed by atoms with Crippen molar-refractivity contribution in [3.8, 4) is 5.75 Å². The van der Waals surface area contributed by atoms with Crippen LogP contribution in [-0.4, -0.2) is 55.3 Å². The van der Waals surface area contributed by atoms with Gasteiger partial charge in [0, 0.05) is 37.8 Å². The number of anilines is 1. The van der Waals surface area contributed by atoms with Crippen LogP contribution in [-0.2, 0) is 0 Å². The fourth-order valence-corrected chi connectivity index (χ4v) is 3.10. The molecule has 7 heteroatoms. The molecule has 0 spiro atoms. The van der Waals surface area contributed by atoms with Crippen molar-refractivity contribution in [2.75, 3.05) is 38.2 Å². The summed E-state index contributed by atoms with van der Waals surface area (Å²) in [5, 5.41) is 2.88. The third kappa shape index (κ3) is 2.49. The number of methoxy groups -OCH3 is 1. The number of amides is 2. The molecule has 2 aliphatic rings. The van der Waals surface area contributed by atoms with Crippen molar-refractivity contribution in [1.82, 2.24) is 10.2 Å². The third-order valence-corrected chi connectivity index (χ3v) is 4.26. The highest BCUT2D eigenvalue weighted by Crippen LogP contribution is 2.29. The summed E-state index contributed by atoms with van der Waals surface area (Å²) in [4.78, 5) is 16.1. The molecule has 1 unspecified atom stereocenters. The van der Waals surface area contributed by atoms with E-state index in [0.29, 0.717) is 18.1 Å². The van der Waals surface area contributed by atoms with E-state index in [1.54, 1.807) is 7.11 Å². The van der Waals surface area contributed by atoms with Crippen LogP contribution in [0.25, 0.3) is 0 Å². The lowest BCUT2D eigenvalue weighted by Gasteiger charge is -2.38. The first-order chi connectivity index (χ1) is 10.1. The first-order valence-corrected chi connectivity index (χ1v) is 7.28. The van der Waals surface area contributed by atoms with Crippen molar-refractivity contribution in [1.29, 1.82) is 0 Å². The number of nitrogens with two attached hydrogens (primary N) is 1. The number of urea groups is 1. The second-order valence-corrected chi connectivity index (χ2v) is 5.67. The van der Waals surface area contributed by atoms with Crippen LogP contribution in [0.5, 0.6) is 5.75 Å². The van der Waals surface area contributed by atoms with Crippen LogP contribution in [0.15, 0.2) is 18.2 Å². The van der Waals surface area contributed by atoms with Gasteiger partial charge in [0.15, 0.2) is 0 Å². The van der Waals surface area contributed by atoms with E-state index in [1.807, 2.05) is 23.1 Å². The van der Waals surface area contributed by atoms with Crippen molar-refractivity contribution < 1.29 is 9.53 Å². The molecule has 3 rings (SSSR count). The Morgan fingerprint density at radius 1 is 1.48 bits per heavy atom. The maximum Gasteiger partial charge on any atom is 0.317 e. The van der Waals surface area contributed by atoms with Gasteiger partial charge in [-0.1, -0.05) is 12.2 Å². The summed E-state index contributed by atoms with van der Waals surface area (Å²) >= 11 is 5.14. The lowest BCUT2D eigenvalue weighted by Crippen LogP contribution is -2.52. The minimum absolute atomic E-state index is 0.0276. The molecule has 0 bridgehead atoms. The molecule has 112 valence electrons. The molecule has 2 fully saturated rings. The number of piperazine rings is 1. The van der Waals surface area contributed by atoms with Crippen LogP contribution >= 0.6 is 12.2 Å². The first-order valence-electron chi connectivity index (χ1n) is 6.87. The fraction of sp³-hybridized carbons (Fsp3) is 0.429. The Bertz CT molecular complexity index is 592. The van der Waals surface area contributed by atoms with Gasteiger partial charge in [0.1, 0.15) is 10.7 Å². The van der Waals surface area contributed by atoms with Gasteiger partial charge >= 0.3 is 6.03 Å². The van der Waals surface area contributed by atoms with Crippen LogP contribution in [0.4, 0.5) is 10.5 Å². The number of carbonyl (C=O) groups excluding carboxylic acids is 1. The molecule has 2 aliphatic heterocycles. The van der Waals surface area contributed by atoms with Crippen LogP contribution in [0, 0.1) is 0 Å². The fourth-order valence-electron chi connectivity index (χ4n) is 2.93. The van der Waals surface area contributed by atoms with Crippen molar-refractivity contribution in [3.05, 3.63) is 23.8 Å². The van der Waals surface area contributed by atoms with E-state index >= 15 is 0 Å². The number of hydrogen-bond acceptors (Lipinski definition) is 4. The highest BCUT2D eigenvalue weighted by Gasteiger charge is 2.36. The predicted octanol–water partition coefficient (Wildman–Crippen LogP) is 0.543. The van der Waals surface area contributed by atoms with E-state index < -0.39 is 0 Å². The Morgan fingerprint density at radius 2 is 2.29 bits per heavy atom. The van der Waals surface area contributed by atoms with Crippen LogP contribution in [0.1, 0.15) is 5.56 Å². The average molecular weight is 306 g/mol. The molecular formula is C14H18N4O2S. The molecule has 2 saturated heterocycles. The molecule has 0 aromatic heterocycles. The Morgan fingerprint density at radius 3 is 3.00 bits per heavy atom. The van der Waals surface area contributed by atoms with E-state index in [0.717, 1.165) is 30.1 Å². The van der Waals surface area contributed by atoms with Crippen molar-refractivity contribution >= 4 is 28.9 Å². The Kier molecular flexibility index (Phi) is 3.59. The van der Waals surface area contributed by atoms with E-state index in [2.05, 4.69) is 10.2 Å². The number of rotatable bonds is 3. The standard InChI is InChI=1S/C14H18N4O2S/c1-20-10-2-3-11(13(15)21)12(6-10)17-4-5-18-9(8-17)7-16-14(18)19/h2-3,6,9H,4-5,7-8H2,1H3,(H2,15,21)(H,16,19). The van der Waals surface area contributed by atoms with Gasteiger partial charge in [-0.15, -0.1) is 0 Å². The second-order valence-electron chi connectivity index (χ2n) is 5.23. The van der Waals surface area contributed by atoms with Gasteiger partial charge in [0.2, 0.25) is 0 Å². The van der Waals surface area contributed by atoms with E-state index in [-0.39, 0.29) is 12.1 Å². The average Bonchev–Trinajstić information content (AvgIpc) is 2.87. The zero-order valence-electron chi connectivity index (χ0n) is 11.8. The molecular weight excluding hydrogens is 288 g/mol. The SMILES string of the molecule is COc1ccc(C(N)=S)c(N2CCN3C(=O)NCC3C2)c1. The van der Waals surface area contributed by atoms with Crippen LogP contribution in [0.3, 0.4) is 0 Å². The second kappa shape index (κ2) is 5.40. The van der Waals surface area contributed by atoms with Crippen LogP contribution in [0.2, 0.25) is 0 Å². The van der Waals surface area contributed by atoms with Crippen molar-refractivity contribution in [2.45, 2.75) is 6.04 Å². The third-order valence-electron chi connectivity index (χ3n) is 4.04. The number of carbonyl (C=O) groups is 1. The highest BCUT2D eigenvalue weighted by molar-refractivity contribution is 7.80. The quantitative estimate of drug-likeness (QED) is 0.798. The summed E-state index contributed by atoms with van der Waals surface area (Å²) in [7, 11) is 1.64. The highest BCUT2D eigenvalue weighted by atomic mass is 32.1. The van der Waals surface area contributed by atoms with Crippen molar-refractivity contribution in [3.63, 3.8) is 0 Å². The monoisotopic (exact) mass is 306 g/mol. The molecule has 1 aromatic rings. The van der Waals surface area contributed by atoms with Crippen LogP contribution < -0.4 is 20.7 Å². The van der Waals surface area contributed by atoms with Gasteiger partial charge < -0.3 is 25.6 Å². The summed E-state index contributed by atoms with van der Waals surface area (Å²) in [6.07, 6.45) is 0. The van der Waals surface area contributed by atoms with E-state index in [4.69, 9.17) is 22.7 Å². The van der Waals surface area contributed by atoms with Gasteiger partial charge in [0.25, 0.3) is 0 Å². The number of nitrogens with one attached hydrogen (secondary N) is 1. The molecule has 1 atom stereocenters. The molecule has 21 heavy (non-hydrogen) atoms. The Labute approximate surface area is 128 Å². The molecule has 0 aliphatic carbocycles. The summed E-state index contributed by atoms with van der Waals surface area (Å²) in [5.41, 5.74) is 7.65. The maximum atomic E-state index is 11.7. The number of benzene rings is 1. The normalized spacial score (nSPS) is 21.0. The summed E-state index contributed by atoms with van der Waals surface area (Å²) < 4.78 is 5.30. The van der Waals surface area contributed by atoms with Crippen molar-refractivity contribution in [2.24, 2.45) is 5.73 Å². The first kappa shape index (κ1) is 13.9. The summed E-state index contributed by atoms with van der Waals surface area (Å²) in [6, 6.07) is 5.92. The Hall–Kier alpha value is -2.02. The van der Waals surface area contributed by atoms with E-state index in [9.17, 15) is 4.79 Å². The molecule has 3 N–H and O–H groups in total. The smallest absolute Gasteiger partial charge is 0.317 e. The number of ether oxygens (including phenoxy) is 1. The Balaban J connectivity index is 1.89. The minimum Gasteiger partial charge on any atom is -0.497 e. The van der Waals surface area contributed by atoms with Gasteiger partial charge in [-0.25, -0.2) is 4.79 Å². The van der Waals surface area contributed by atoms with Gasteiger partial charge in [0.05, 0.1) is 18.8 Å². The van der Waals surface area contributed by atoms with Gasteiger partial charge in [-0.2, -0.15) is 0 Å². The molecule has 0 radical (unpaired) electrons. The predicted molar refractivity (Wildman–Crippen MR) is 85.0 cm³/mol. The molecule has 0 saturated carbocycles. The zero-order chi connectivity index (χ0) is 15.0. The van der Waals surface area contributed by atoms with E-state index in [1.165, 1.54) is 0 Å². The molecule has 2 amide bonds. The van der Waals surface area contributed by atoms with Gasteiger partial charge in [-0.05, 0) is 12.1 Å².